The minimum atomic E-state index is 0.0195. The molecule has 21 heavy (non-hydrogen) atoms. The van der Waals surface area contributed by atoms with Crippen LogP contribution in [0.5, 0.6) is 0 Å². The predicted octanol–water partition coefficient (Wildman–Crippen LogP) is 2.84. The van der Waals surface area contributed by atoms with Crippen LogP contribution in [0.4, 0.5) is 11.5 Å². The minimum absolute atomic E-state index is 0.0195. The van der Waals surface area contributed by atoms with E-state index in [2.05, 4.69) is 29.3 Å². The van der Waals surface area contributed by atoms with Crippen LogP contribution in [0.2, 0.25) is 0 Å². The van der Waals surface area contributed by atoms with Crippen molar-refractivity contribution in [2.75, 3.05) is 11.4 Å². The van der Waals surface area contributed by atoms with E-state index in [0.29, 0.717) is 11.4 Å². The summed E-state index contributed by atoms with van der Waals surface area (Å²) in [6.07, 6.45) is 0. The third-order valence-corrected chi connectivity index (χ3v) is 3.62. The fraction of sp³-hybridized carbons (Fsp3) is 0.312. The summed E-state index contributed by atoms with van der Waals surface area (Å²) in [5, 5.41) is 16.3. The average molecular weight is 283 g/mol. The van der Waals surface area contributed by atoms with Gasteiger partial charge in [0.15, 0.2) is 5.82 Å². The first-order chi connectivity index (χ1) is 9.95. The molecule has 0 fully saturated rings. The summed E-state index contributed by atoms with van der Waals surface area (Å²) in [5.74, 6) is 0.656. The molecule has 0 aliphatic carbocycles. The van der Waals surface area contributed by atoms with E-state index in [4.69, 9.17) is 11.1 Å². The molecule has 0 unspecified atom stereocenters. The summed E-state index contributed by atoms with van der Waals surface area (Å²) in [6, 6.07) is 8.19. The van der Waals surface area contributed by atoms with Crippen molar-refractivity contribution in [1.82, 2.24) is 10.2 Å². The molecule has 1 aromatic heterocycles. The highest BCUT2D eigenvalue weighted by Crippen LogP contribution is 2.28. The van der Waals surface area contributed by atoms with Crippen LogP contribution in [-0.2, 0) is 0 Å². The number of nitrogen functional groups attached to an aromatic ring is 1. The zero-order valence-electron chi connectivity index (χ0n) is 12.9. The summed E-state index contributed by atoms with van der Waals surface area (Å²) in [4.78, 5) is 2.02. The number of aromatic nitrogens is 2. The molecule has 110 valence electrons. The maximum Gasteiger partial charge on any atom is 0.166 e. The smallest absolute Gasteiger partial charge is 0.166 e. The molecule has 0 radical (unpaired) electrons. The average Bonchev–Trinajstić information content (AvgIpc) is 2.45. The molecule has 5 heteroatoms. The van der Waals surface area contributed by atoms with Gasteiger partial charge in [-0.15, -0.1) is 5.10 Å². The number of nitrogens with one attached hydrogen (secondary N) is 1. The number of rotatable bonds is 4. The van der Waals surface area contributed by atoms with Crippen LogP contribution in [0.25, 0.3) is 0 Å². The van der Waals surface area contributed by atoms with Crippen LogP contribution in [-0.4, -0.2) is 22.6 Å². The summed E-state index contributed by atoms with van der Waals surface area (Å²) in [7, 11) is 0. The van der Waals surface area contributed by atoms with Gasteiger partial charge in [-0.3, -0.25) is 5.41 Å². The van der Waals surface area contributed by atoms with Gasteiger partial charge in [-0.25, -0.2) is 0 Å². The molecule has 0 spiro atoms. The Balaban J connectivity index is 2.60. The van der Waals surface area contributed by atoms with Crippen molar-refractivity contribution in [1.29, 1.82) is 5.41 Å². The number of amidine groups is 1. The van der Waals surface area contributed by atoms with E-state index < -0.39 is 0 Å². The third-order valence-electron chi connectivity index (χ3n) is 3.62. The summed E-state index contributed by atoms with van der Waals surface area (Å²) >= 11 is 0. The molecule has 0 saturated carbocycles. The molecule has 2 rings (SSSR count). The van der Waals surface area contributed by atoms with Gasteiger partial charge >= 0.3 is 0 Å². The third kappa shape index (κ3) is 2.86. The molecule has 1 aromatic carbocycles. The van der Waals surface area contributed by atoms with Gasteiger partial charge in [-0.05, 0) is 45.4 Å². The maximum absolute atomic E-state index is 7.86. The molecule has 0 saturated heterocycles. The molecule has 0 aliphatic rings. The Morgan fingerprint density at radius 1 is 1.14 bits per heavy atom. The molecule has 0 aliphatic heterocycles. The van der Waals surface area contributed by atoms with E-state index >= 15 is 0 Å². The first-order valence-corrected chi connectivity index (χ1v) is 6.98. The van der Waals surface area contributed by atoms with E-state index in [1.807, 2.05) is 37.8 Å². The topological polar surface area (TPSA) is 78.9 Å². The van der Waals surface area contributed by atoms with E-state index in [0.717, 1.165) is 23.5 Å². The van der Waals surface area contributed by atoms with Crippen molar-refractivity contribution in [3.05, 3.63) is 46.6 Å². The minimum Gasteiger partial charge on any atom is -0.384 e. The van der Waals surface area contributed by atoms with Crippen LogP contribution >= 0.6 is 0 Å². The van der Waals surface area contributed by atoms with Crippen molar-refractivity contribution < 1.29 is 0 Å². The number of nitrogens with zero attached hydrogens (tertiary/aromatic N) is 3. The number of aryl methyl sites for hydroxylation is 2. The zero-order valence-corrected chi connectivity index (χ0v) is 12.9. The van der Waals surface area contributed by atoms with Crippen LogP contribution in [0, 0.1) is 26.2 Å². The largest absolute Gasteiger partial charge is 0.384 e. The molecule has 2 aromatic rings. The van der Waals surface area contributed by atoms with Crippen molar-refractivity contribution >= 4 is 17.3 Å². The fourth-order valence-electron chi connectivity index (χ4n) is 2.29. The second-order valence-corrected chi connectivity index (χ2v) is 5.10. The summed E-state index contributed by atoms with van der Waals surface area (Å²) in [5.41, 5.74) is 10.3. The number of benzene rings is 1. The van der Waals surface area contributed by atoms with Crippen molar-refractivity contribution in [2.24, 2.45) is 5.73 Å². The number of hydrogen-bond acceptors (Lipinski definition) is 4. The lowest BCUT2D eigenvalue weighted by Crippen LogP contribution is -2.25. The lowest BCUT2D eigenvalue weighted by atomic mass is 10.1. The van der Waals surface area contributed by atoms with Gasteiger partial charge in [0.05, 0.1) is 11.3 Å². The highest BCUT2D eigenvalue weighted by molar-refractivity contribution is 6.01. The van der Waals surface area contributed by atoms with Gasteiger partial charge in [0.1, 0.15) is 5.84 Å². The second-order valence-electron chi connectivity index (χ2n) is 5.10. The molecule has 3 N–H and O–H groups in total. The van der Waals surface area contributed by atoms with Crippen molar-refractivity contribution in [3.63, 3.8) is 0 Å². The van der Waals surface area contributed by atoms with Crippen LogP contribution < -0.4 is 10.6 Å². The zero-order chi connectivity index (χ0) is 15.6. The van der Waals surface area contributed by atoms with Crippen LogP contribution in [0.15, 0.2) is 24.3 Å². The first-order valence-electron chi connectivity index (χ1n) is 6.98. The first kappa shape index (κ1) is 15.0. The Labute approximate surface area is 125 Å². The Bertz CT molecular complexity index is 661. The van der Waals surface area contributed by atoms with Gasteiger partial charge in [-0.2, -0.15) is 5.10 Å². The van der Waals surface area contributed by atoms with E-state index in [9.17, 15) is 0 Å². The monoisotopic (exact) mass is 283 g/mol. The maximum atomic E-state index is 7.86. The summed E-state index contributed by atoms with van der Waals surface area (Å²) < 4.78 is 0. The van der Waals surface area contributed by atoms with Gasteiger partial charge in [0, 0.05) is 12.2 Å². The lowest BCUT2D eigenvalue weighted by Gasteiger charge is -2.25. The Kier molecular flexibility index (Phi) is 4.21. The molecule has 0 amide bonds. The van der Waals surface area contributed by atoms with E-state index in [1.165, 1.54) is 5.56 Å². The highest BCUT2D eigenvalue weighted by Gasteiger charge is 2.19. The van der Waals surface area contributed by atoms with E-state index in [1.54, 1.807) is 0 Å². The molecular formula is C16H21N5. The normalized spacial score (nSPS) is 10.5. The molecule has 1 heterocycles. The van der Waals surface area contributed by atoms with Gasteiger partial charge in [0.2, 0.25) is 0 Å². The lowest BCUT2D eigenvalue weighted by molar-refractivity contribution is 0.896. The van der Waals surface area contributed by atoms with Crippen LogP contribution in [0.1, 0.15) is 29.3 Å². The Morgan fingerprint density at radius 2 is 1.76 bits per heavy atom. The molecule has 0 atom stereocenters. The fourth-order valence-corrected chi connectivity index (χ4v) is 2.29. The molecule has 0 bridgehead atoms. The second kappa shape index (κ2) is 5.91. The SMILES string of the molecule is CCN(c1ccc(C)cc1)c1nnc(C)c(C)c1C(=N)N. The van der Waals surface area contributed by atoms with Crippen LogP contribution in [0.3, 0.4) is 0 Å². The van der Waals surface area contributed by atoms with Gasteiger partial charge < -0.3 is 10.6 Å². The standard InChI is InChI=1S/C16H21N5/c1-5-21(13-8-6-10(2)7-9-13)16-14(15(17)18)11(3)12(4)19-20-16/h6-9H,5H2,1-4H3,(H3,17,18). The van der Waals surface area contributed by atoms with E-state index in [-0.39, 0.29) is 5.84 Å². The highest BCUT2D eigenvalue weighted by atomic mass is 15.3. The summed E-state index contributed by atoms with van der Waals surface area (Å²) in [6.45, 7) is 8.62. The van der Waals surface area contributed by atoms with Gasteiger partial charge in [0.25, 0.3) is 0 Å². The number of nitrogens with two attached hydrogens (primary N) is 1. The number of anilines is 2. The van der Waals surface area contributed by atoms with Crippen molar-refractivity contribution in [2.45, 2.75) is 27.7 Å². The Hall–Kier alpha value is -2.43. The van der Waals surface area contributed by atoms with Gasteiger partial charge in [-0.1, -0.05) is 17.7 Å². The molecular weight excluding hydrogens is 262 g/mol. The number of hydrogen-bond donors (Lipinski definition) is 2. The molecule has 5 nitrogen and oxygen atoms in total. The Morgan fingerprint density at radius 3 is 2.29 bits per heavy atom. The van der Waals surface area contributed by atoms with Crippen molar-refractivity contribution in [3.8, 4) is 0 Å². The predicted molar refractivity (Wildman–Crippen MR) is 86.4 cm³/mol. The quantitative estimate of drug-likeness (QED) is 0.668.